The summed E-state index contributed by atoms with van der Waals surface area (Å²) in [5, 5.41) is 8.54. The molecule has 1 rings (SSSR count). The number of sulfone groups is 1. The van der Waals surface area contributed by atoms with E-state index in [0.29, 0.717) is 12.8 Å². The van der Waals surface area contributed by atoms with Crippen molar-refractivity contribution in [2.45, 2.75) is 18.4 Å². The first-order chi connectivity index (χ1) is 4.97. The molecule has 1 heterocycles. The van der Waals surface area contributed by atoms with Crippen LogP contribution in [0.3, 0.4) is 0 Å². The fourth-order valence-electron chi connectivity index (χ4n) is 1.23. The predicted octanol–water partition coefficient (Wildman–Crippen LogP) is -0.584. The Bertz CT molecular complexity index is 290. The second-order valence-electron chi connectivity index (χ2n) is 2.96. The summed E-state index contributed by atoms with van der Waals surface area (Å²) in [6, 6.07) is 1.83. The van der Waals surface area contributed by atoms with Crippen LogP contribution in [0, 0.1) is 11.3 Å². The quantitative estimate of drug-likeness (QED) is 0.532. The van der Waals surface area contributed by atoms with Crippen LogP contribution in [-0.2, 0) is 9.84 Å². The molecule has 4 nitrogen and oxygen atoms in total. The van der Waals surface area contributed by atoms with E-state index >= 15 is 0 Å². The van der Waals surface area contributed by atoms with Crippen LogP contribution < -0.4 is 5.73 Å². The molecule has 0 amide bonds. The minimum absolute atomic E-state index is 0.174. The van der Waals surface area contributed by atoms with Gasteiger partial charge in [-0.1, -0.05) is 0 Å². The Hall–Kier alpha value is -0.600. The van der Waals surface area contributed by atoms with Gasteiger partial charge >= 0.3 is 0 Å². The number of hydrogen-bond donors (Lipinski definition) is 1. The van der Waals surface area contributed by atoms with Crippen molar-refractivity contribution in [2.24, 2.45) is 5.73 Å². The van der Waals surface area contributed by atoms with E-state index < -0.39 is 15.4 Å². The van der Waals surface area contributed by atoms with Crippen molar-refractivity contribution in [3.05, 3.63) is 0 Å². The highest BCUT2D eigenvalue weighted by molar-refractivity contribution is 7.91. The number of hydrogen-bond acceptors (Lipinski definition) is 4. The zero-order chi connectivity index (χ0) is 8.54. The molecule has 0 saturated carbocycles. The van der Waals surface area contributed by atoms with E-state index in [4.69, 9.17) is 11.0 Å². The average molecular weight is 174 g/mol. The highest BCUT2D eigenvalue weighted by Crippen LogP contribution is 2.19. The summed E-state index contributed by atoms with van der Waals surface area (Å²) in [5.74, 6) is -0.00979. The minimum atomic E-state index is -3.05. The summed E-state index contributed by atoms with van der Waals surface area (Å²) >= 11 is 0. The van der Waals surface area contributed by atoms with Gasteiger partial charge in [0.05, 0.1) is 17.6 Å². The fraction of sp³-hybridized carbons (Fsp3) is 0.833. The van der Waals surface area contributed by atoms with E-state index in [1.807, 2.05) is 6.07 Å². The lowest BCUT2D eigenvalue weighted by Gasteiger charge is -2.25. The Morgan fingerprint density at radius 3 is 2.55 bits per heavy atom. The maximum absolute atomic E-state index is 11.0. The second kappa shape index (κ2) is 2.47. The third kappa shape index (κ3) is 1.91. The van der Waals surface area contributed by atoms with Crippen LogP contribution in [0.25, 0.3) is 0 Å². The molecule has 0 bridgehead atoms. The largest absolute Gasteiger partial charge is 0.313 e. The van der Waals surface area contributed by atoms with Crippen LogP contribution in [0.1, 0.15) is 12.8 Å². The molecule has 0 radical (unpaired) electrons. The molecule has 1 unspecified atom stereocenters. The topological polar surface area (TPSA) is 83.9 Å². The van der Waals surface area contributed by atoms with Gasteiger partial charge in [-0.2, -0.15) is 5.26 Å². The van der Waals surface area contributed by atoms with Gasteiger partial charge in [-0.15, -0.1) is 0 Å². The summed E-state index contributed by atoms with van der Waals surface area (Å²) in [4.78, 5) is 0. The van der Waals surface area contributed by atoms with Crippen molar-refractivity contribution in [1.82, 2.24) is 0 Å². The predicted molar refractivity (Wildman–Crippen MR) is 40.4 cm³/mol. The van der Waals surface area contributed by atoms with Crippen LogP contribution in [0.4, 0.5) is 0 Å². The smallest absolute Gasteiger partial charge is 0.153 e. The highest BCUT2D eigenvalue weighted by atomic mass is 32.2. The SMILES string of the molecule is N#CC1(N)CCCS(=O)(=O)C1. The van der Waals surface area contributed by atoms with Crippen LogP contribution >= 0.6 is 0 Å². The fourth-order valence-corrected chi connectivity index (χ4v) is 2.95. The molecule has 1 aliphatic heterocycles. The molecule has 2 N–H and O–H groups in total. The van der Waals surface area contributed by atoms with Gasteiger partial charge in [0, 0.05) is 0 Å². The van der Waals surface area contributed by atoms with E-state index in [1.165, 1.54) is 0 Å². The Kier molecular flexibility index (Phi) is 1.90. The van der Waals surface area contributed by atoms with Gasteiger partial charge in [-0.3, -0.25) is 0 Å². The van der Waals surface area contributed by atoms with E-state index in [2.05, 4.69) is 0 Å². The monoisotopic (exact) mass is 174 g/mol. The molecule has 0 aromatic carbocycles. The third-order valence-corrected chi connectivity index (χ3v) is 3.64. The van der Waals surface area contributed by atoms with Gasteiger partial charge in [0.1, 0.15) is 5.54 Å². The average Bonchev–Trinajstić information content (AvgIpc) is 1.85. The van der Waals surface area contributed by atoms with Crippen molar-refractivity contribution in [1.29, 1.82) is 5.26 Å². The van der Waals surface area contributed by atoms with Crippen molar-refractivity contribution >= 4 is 9.84 Å². The lowest BCUT2D eigenvalue weighted by molar-refractivity contribution is 0.494. The summed E-state index contributed by atoms with van der Waals surface area (Å²) in [6.45, 7) is 0. The number of rotatable bonds is 0. The molecule has 0 aliphatic carbocycles. The minimum Gasteiger partial charge on any atom is -0.313 e. The zero-order valence-electron chi connectivity index (χ0n) is 6.08. The van der Waals surface area contributed by atoms with Gasteiger partial charge in [-0.25, -0.2) is 8.42 Å². The van der Waals surface area contributed by atoms with Gasteiger partial charge in [0.2, 0.25) is 0 Å². The Morgan fingerprint density at radius 1 is 1.55 bits per heavy atom. The van der Waals surface area contributed by atoms with Crippen molar-refractivity contribution in [3.8, 4) is 6.07 Å². The van der Waals surface area contributed by atoms with E-state index in [9.17, 15) is 8.42 Å². The second-order valence-corrected chi connectivity index (χ2v) is 5.15. The van der Waals surface area contributed by atoms with Gasteiger partial charge in [0.15, 0.2) is 9.84 Å². The zero-order valence-corrected chi connectivity index (χ0v) is 6.89. The standard InChI is InChI=1S/C6H10N2O2S/c7-4-6(8)2-1-3-11(9,10)5-6/h1-3,5,8H2. The molecule has 11 heavy (non-hydrogen) atoms. The van der Waals surface area contributed by atoms with Crippen LogP contribution in [0.15, 0.2) is 0 Å². The molecule has 0 spiro atoms. The van der Waals surface area contributed by atoms with E-state index in [0.717, 1.165) is 0 Å². The van der Waals surface area contributed by atoms with Crippen LogP contribution in [0.5, 0.6) is 0 Å². The summed E-state index contributed by atoms with van der Waals surface area (Å²) in [7, 11) is -3.05. The third-order valence-electron chi connectivity index (χ3n) is 1.78. The summed E-state index contributed by atoms with van der Waals surface area (Å²) in [5.41, 5.74) is 4.37. The number of nitrogens with two attached hydrogens (primary N) is 1. The molecule has 5 heteroatoms. The van der Waals surface area contributed by atoms with Gasteiger partial charge in [0.25, 0.3) is 0 Å². The van der Waals surface area contributed by atoms with Crippen LogP contribution in [-0.4, -0.2) is 25.5 Å². The molecule has 1 saturated heterocycles. The van der Waals surface area contributed by atoms with Crippen molar-refractivity contribution in [3.63, 3.8) is 0 Å². The maximum atomic E-state index is 11.0. The van der Waals surface area contributed by atoms with E-state index in [-0.39, 0.29) is 11.5 Å². The Balaban J connectivity index is 2.86. The van der Waals surface area contributed by atoms with Gasteiger partial charge in [-0.05, 0) is 12.8 Å². The molecular formula is C6H10N2O2S. The first-order valence-corrected chi connectivity index (χ1v) is 5.20. The van der Waals surface area contributed by atoms with Gasteiger partial charge < -0.3 is 5.73 Å². The molecule has 0 aromatic heterocycles. The number of nitriles is 1. The Labute approximate surface area is 65.9 Å². The number of nitrogens with zero attached hydrogens (tertiary/aromatic N) is 1. The molecule has 0 aromatic rings. The van der Waals surface area contributed by atoms with E-state index in [1.54, 1.807) is 0 Å². The lowest BCUT2D eigenvalue weighted by Crippen LogP contribution is -2.48. The van der Waals surface area contributed by atoms with Crippen LogP contribution in [0.2, 0.25) is 0 Å². The highest BCUT2D eigenvalue weighted by Gasteiger charge is 2.35. The first-order valence-electron chi connectivity index (χ1n) is 3.38. The lowest BCUT2D eigenvalue weighted by atomic mass is 9.99. The molecule has 1 atom stereocenters. The Morgan fingerprint density at radius 2 is 2.18 bits per heavy atom. The molecule has 62 valence electrons. The molecule has 1 fully saturated rings. The molecule has 1 aliphatic rings. The van der Waals surface area contributed by atoms with Crippen molar-refractivity contribution in [2.75, 3.05) is 11.5 Å². The summed E-state index contributed by atoms with van der Waals surface area (Å²) in [6.07, 6.45) is 0.995. The van der Waals surface area contributed by atoms with Crippen molar-refractivity contribution < 1.29 is 8.42 Å². The normalized spacial score (nSPS) is 36.0. The first kappa shape index (κ1) is 8.50. The summed E-state index contributed by atoms with van der Waals surface area (Å²) < 4.78 is 22.0. The maximum Gasteiger partial charge on any atom is 0.153 e. The molecular weight excluding hydrogens is 164 g/mol.